The minimum atomic E-state index is -0.252. The molecule has 1 aromatic rings. The molecule has 1 unspecified atom stereocenters. The second-order valence-electron chi connectivity index (χ2n) is 4.39. The highest BCUT2D eigenvalue weighted by Gasteiger charge is 2.18. The van der Waals surface area contributed by atoms with Gasteiger partial charge in [0.1, 0.15) is 13.2 Å². The van der Waals surface area contributed by atoms with Gasteiger partial charge in [-0.25, -0.2) is 0 Å². The molecule has 19 heavy (non-hydrogen) atoms. The summed E-state index contributed by atoms with van der Waals surface area (Å²) >= 11 is 0. The Hall–Kier alpha value is -1.59. The summed E-state index contributed by atoms with van der Waals surface area (Å²) in [6.45, 7) is 4.14. The second-order valence-corrected chi connectivity index (χ2v) is 4.39. The first-order valence-electron chi connectivity index (χ1n) is 6.38. The van der Waals surface area contributed by atoms with Crippen molar-refractivity contribution in [1.29, 1.82) is 0 Å². The second kappa shape index (κ2) is 6.54. The third kappa shape index (κ3) is 3.45. The molecule has 1 aliphatic rings. The molecule has 0 saturated heterocycles. The molecule has 0 fully saturated rings. The quantitative estimate of drug-likeness (QED) is 0.620. The van der Waals surface area contributed by atoms with E-state index in [-0.39, 0.29) is 11.8 Å². The number of hydrogen-bond donors (Lipinski definition) is 1. The summed E-state index contributed by atoms with van der Waals surface area (Å²) in [6, 6.07) is 5.04. The van der Waals surface area contributed by atoms with E-state index in [1.807, 2.05) is 6.92 Å². The predicted molar refractivity (Wildman–Crippen MR) is 71.1 cm³/mol. The van der Waals surface area contributed by atoms with E-state index >= 15 is 0 Å². The Morgan fingerprint density at radius 3 is 2.84 bits per heavy atom. The Morgan fingerprint density at radius 1 is 1.37 bits per heavy atom. The molecule has 0 saturated carbocycles. The number of methoxy groups -OCH3 is 1. The summed E-state index contributed by atoms with van der Waals surface area (Å²) in [5.74, 6) is 1.37. The van der Waals surface area contributed by atoms with E-state index in [0.29, 0.717) is 43.4 Å². The van der Waals surface area contributed by atoms with Crippen molar-refractivity contribution in [3.05, 3.63) is 23.8 Å². The van der Waals surface area contributed by atoms with Crippen LogP contribution in [0.25, 0.3) is 0 Å². The summed E-state index contributed by atoms with van der Waals surface area (Å²) in [4.78, 5) is 12.2. The Labute approximate surface area is 112 Å². The summed E-state index contributed by atoms with van der Waals surface area (Å²) in [6.07, 6.45) is 0. The predicted octanol–water partition coefficient (Wildman–Crippen LogP) is 1.26. The standard InChI is InChI=1S/C14H19NO4/c1-10(15-5-6-17-2)14(16)11-3-4-12-13(9-11)19-8-7-18-12/h3-4,9-10,15H,5-8H2,1-2H3. The molecule has 0 aromatic heterocycles. The van der Waals surface area contributed by atoms with Crippen LogP contribution in [0, 0.1) is 0 Å². The molecule has 1 atom stereocenters. The first-order chi connectivity index (χ1) is 9.22. The SMILES string of the molecule is COCCNC(C)C(=O)c1ccc2c(c1)OCCO2. The lowest BCUT2D eigenvalue weighted by Crippen LogP contribution is -2.36. The van der Waals surface area contributed by atoms with E-state index in [2.05, 4.69) is 5.32 Å². The van der Waals surface area contributed by atoms with Crippen molar-refractivity contribution in [3.8, 4) is 11.5 Å². The maximum absolute atomic E-state index is 12.2. The largest absolute Gasteiger partial charge is 0.486 e. The average Bonchev–Trinajstić information content (AvgIpc) is 2.46. The molecular weight excluding hydrogens is 246 g/mol. The minimum absolute atomic E-state index is 0.0353. The van der Waals surface area contributed by atoms with E-state index in [9.17, 15) is 4.79 Å². The molecule has 1 aromatic carbocycles. The fourth-order valence-electron chi connectivity index (χ4n) is 1.92. The van der Waals surface area contributed by atoms with Crippen LogP contribution in [0.1, 0.15) is 17.3 Å². The van der Waals surface area contributed by atoms with Crippen LogP contribution < -0.4 is 14.8 Å². The van der Waals surface area contributed by atoms with Gasteiger partial charge >= 0.3 is 0 Å². The summed E-state index contributed by atoms with van der Waals surface area (Å²) < 4.78 is 15.8. The Balaban J connectivity index is 2.02. The van der Waals surface area contributed by atoms with Gasteiger partial charge in [-0.3, -0.25) is 4.79 Å². The van der Waals surface area contributed by atoms with Crippen molar-refractivity contribution in [3.63, 3.8) is 0 Å². The Bertz CT molecular complexity index is 447. The summed E-state index contributed by atoms with van der Waals surface area (Å²) in [5.41, 5.74) is 0.627. The van der Waals surface area contributed by atoms with Gasteiger partial charge in [0.2, 0.25) is 0 Å². The number of rotatable bonds is 6. The van der Waals surface area contributed by atoms with Crippen LogP contribution in [0.3, 0.4) is 0 Å². The molecule has 5 heteroatoms. The molecule has 5 nitrogen and oxygen atoms in total. The van der Waals surface area contributed by atoms with Crippen molar-refractivity contribution in [2.24, 2.45) is 0 Å². The van der Waals surface area contributed by atoms with Crippen LogP contribution in [0.2, 0.25) is 0 Å². The molecule has 0 radical (unpaired) electrons. The average molecular weight is 265 g/mol. The van der Waals surface area contributed by atoms with Crippen molar-refractivity contribution in [2.75, 3.05) is 33.5 Å². The van der Waals surface area contributed by atoms with E-state index in [1.54, 1.807) is 25.3 Å². The maximum atomic E-state index is 12.2. The zero-order valence-electron chi connectivity index (χ0n) is 11.3. The zero-order chi connectivity index (χ0) is 13.7. The molecule has 1 N–H and O–H groups in total. The molecule has 0 bridgehead atoms. The molecule has 1 heterocycles. The van der Waals surface area contributed by atoms with Gasteiger partial charge in [0, 0.05) is 19.2 Å². The van der Waals surface area contributed by atoms with Gasteiger partial charge in [-0.05, 0) is 25.1 Å². The van der Waals surface area contributed by atoms with Crippen LogP contribution in [0.15, 0.2) is 18.2 Å². The Morgan fingerprint density at radius 2 is 2.11 bits per heavy atom. The normalized spacial score (nSPS) is 15.1. The van der Waals surface area contributed by atoms with E-state index in [1.165, 1.54) is 0 Å². The van der Waals surface area contributed by atoms with Crippen molar-refractivity contribution in [2.45, 2.75) is 13.0 Å². The van der Waals surface area contributed by atoms with E-state index < -0.39 is 0 Å². The minimum Gasteiger partial charge on any atom is -0.486 e. The van der Waals surface area contributed by atoms with E-state index in [0.717, 1.165) is 0 Å². The molecule has 2 rings (SSSR count). The summed E-state index contributed by atoms with van der Waals surface area (Å²) in [7, 11) is 1.63. The monoisotopic (exact) mass is 265 g/mol. The molecule has 0 aliphatic carbocycles. The molecule has 104 valence electrons. The fourth-order valence-corrected chi connectivity index (χ4v) is 1.92. The topological polar surface area (TPSA) is 56.8 Å². The Kier molecular flexibility index (Phi) is 4.76. The first-order valence-corrected chi connectivity index (χ1v) is 6.38. The van der Waals surface area contributed by atoms with Gasteiger partial charge in [-0.2, -0.15) is 0 Å². The van der Waals surface area contributed by atoms with Crippen LogP contribution in [0.4, 0.5) is 0 Å². The van der Waals surface area contributed by atoms with Crippen LogP contribution in [-0.2, 0) is 4.74 Å². The number of benzene rings is 1. The van der Waals surface area contributed by atoms with Gasteiger partial charge in [-0.1, -0.05) is 0 Å². The zero-order valence-corrected chi connectivity index (χ0v) is 11.3. The number of hydrogen-bond acceptors (Lipinski definition) is 5. The van der Waals surface area contributed by atoms with Gasteiger partial charge in [0.25, 0.3) is 0 Å². The molecular formula is C14H19NO4. The number of ether oxygens (including phenoxy) is 3. The fraction of sp³-hybridized carbons (Fsp3) is 0.500. The van der Waals surface area contributed by atoms with Crippen LogP contribution >= 0.6 is 0 Å². The van der Waals surface area contributed by atoms with Gasteiger partial charge in [0.05, 0.1) is 12.6 Å². The number of Topliss-reactive ketones (excluding diaryl/α,β-unsaturated/α-hetero) is 1. The van der Waals surface area contributed by atoms with Crippen molar-refractivity contribution in [1.82, 2.24) is 5.32 Å². The van der Waals surface area contributed by atoms with E-state index in [4.69, 9.17) is 14.2 Å². The number of ketones is 1. The molecule has 0 spiro atoms. The smallest absolute Gasteiger partial charge is 0.179 e. The van der Waals surface area contributed by atoms with Crippen LogP contribution in [-0.4, -0.2) is 45.3 Å². The van der Waals surface area contributed by atoms with Crippen LogP contribution in [0.5, 0.6) is 11.5 Å². The lowest BCUT2D eigenvalue weighted by molar-refractivity contribution is 0.0944. The third-order valence-electron chi connectivity index (χ3n) is 2.98. The van der Waals surface area contributed by atoms with Gasteiger partial charge < -0.3 is 19.5 Å². The van der Waals surface area contributed by atoms with Crippen molar-refractivity contribution < 1.29 is 19.0 Å². The van der Waals surface area contributed by atoms with Gasteiger partial charge in [-0.15, -0.1) is 0 Å². The number of fused-ring (bicyclic) bond motifs is 1. The molecule has 1 aliphatic heterocycles. The van der Waals surface area contributed by atoms with Gasteiger partial charge in [0.15, 0.2) is 17.3 Å². The highest BCUT2D eigenvalue weighted by Crippen LogP contribution is 2.31. The van der Waals surface area contributed by atoms with Crippen molar-refractivity contribution >= 4 is 5.78 Å². The lowest BCUT2D eigenvalue weighted by Gasteiger charge is -2.19. The highest BCUT2D eigenvalue weighted by atomic mass is 16.6. The summed E-state index contributed by atoms with van der Waals surface area (Å²) in [5, 5.41) is 3.12. The number of carbonyl (C=O) groups is 1. The molecule has 0 amide bonds. The lowest BCUT2D eigenvalue weighted by atomic mass is 10.0. The third-order valence-corrected chi connectivity index (χ3v) is 2.98. The first kappa shape index (κ1) is 13.8. The number of nitrogens with one attached hydrogen (secondary N) is 1. The number of carbonyl (C=O) groups excluding carboxylic acids is 1. The highest BCUT2D eigenvalue weighted by molar-refractivity contribution is 6.00. The maximum Gasteiger partial charge on any atom is 0.179 e.